The van der Waals surface area contributed by atoms with Crippen molar-refractivity contribution in [3.05, 3.63) is 46.4 Å². The number of methoxy groups -OCH3 is 1. The van der Waals surface area contributed by atoms with Crippen molar-refractivity contribution in [2.24, 2.45) is 0 Å². The molecule has 0 spiro atoms. The van der Waals surface area contributed by atoms with Gasteiger partial charge in [-0.15, -0.1) is 0 Å². The Morgan fingerprint density at radius 2 is 1.72 bits per heavy atom. The molecule has 32 heavy (non-hydrogen) atoms. The number of amides is 1. The number of hydrogen-bond donors (Lipinski definition) is 1. The average Bonchev–Trinajstić information content (AvgIpc) is 2.85. The van der Waals surface area contributed by atoms with Crippen molar-refractivity contribution in [3.63, 3.8) is 0 Å². The summed E-state index contributed by atoms with van der Waals surface area (Å²) in [6, 6.07) is 8.84. The summed E-state index contributed by atoms with van der Waals surface area (Å²) >= 11 is 0. The van der Waals surface area contributed by atoms with E-state index in [0.717, 1.165) is 37.6 Å². The number of ether oxygens (including phenoxy) is 3. The van der Waals surface area contributed by atoms with Gasteiger partial charge in [0, 0.05) is 45.0 Å². The van der Waals surface area contributed by atoms with Crippen LogP contribution in [0.2, 0.25) is 0 Å². The van der Waals surface area contributed by atoms with Gasteiger partial charge in [-0.25, -0.2) is 4.68 Å². The molecule has 0 unspecified atom stereocenters. The lowest BCUT2D eigenvalue weighted by Gasteiger charge is -2.33. The number of benzene rings is 1. The molecule has 10 nitrogen and oxygen atoms in total. The Morgan fingerprint density at radius 1 is 1.03 bits per heavy atom. The first-order chi connectivity index (χ1) is 15.7. The maximum absolute atomic E-state index is 13.0. The third-order valence-corrected chi connectivity index (χ3v) is 5.56. The van der Waals surface area contributed by atoms with E-state index in [-0.39, 0.29) is 23.7 Å². The summed E-state index contributed by atoms with van der Waals surface area (Å²) in [5, 5.41) is 7.18. The van der Waals surface area contributed by atoms with Crippen LogP contribution in [0.1, 0.15) is 10.5 Å². The number of rotatable bonds is 7. The molecule has 1 amide bonds. The van der Waals surface area contributed by atoms with Crippen LogP contribution in [0.4, 0.5) is 17.1 Å². The SMILES string of the molecule is COCCn1nc(C(=O)Nc2ccc(N3CCOCC3)cc2N2CCOCC2)ccc1=O. The van der Waals surface area contributed by atoms with Crippen LogP contribution in [0, 0.1) is 0 Å². The fourth-order valence-corrected chi connectivity index (χ4v) is 3.80. The Balaban J connectivity index is 1.59. The Hall–Kier alpha value is -2.95. The number of hydrogen-bond acceptors (Lipinski definition) is 8. The molecule has 2 aromatic rings. The molecule has 1 aromatic heterocycles. The zero-order valence-electron chi connectivity index (χ0n) is 18.3. The second kappa shape index (κ2) is 10.6. The van der Waals surface area contributed by atoms with Gasteiger partial charge in [0.25, 0.3) is 11.5 Å². The minimum absolute atomic E-state index is 0.172. The summed E-state index contributed by atoms with van der Waals surface area (Å²) in [5.41, 5.74) is 2.64. The molecule has 2 aliphatic heterocycles. The molecule has 0 saturated carbocycles. The Morgan fingerprint density at radius 3 is 2.41 bits per heavy atom. The summed E-state index contributed by atoms with van der Waals surface area (Å²) in [6.07, 6.45) is 0. The molecule has 0 aliphatic carbocycles. The highest BCUT2D eigenvalue weighted by atomic mass is 16.5. The number of morpholine rings is 2. The summed E-state index contributed by atoms with van der Waals surface area (Å²) in [6.45, 7) is 6.47. The predicted molar refractivity (Wildman–Crippen MR) is 121 cm³/mol. The highest BCUT2D eigenvalue weighted by Crippen LogP contribution is 2.32. The van der Waals surface area contributed by atoms with Crippen LogP contribution in [-0.4, -0.2) is 82.0 Å². The molecule has 0 atom stereocenters. The van der Waals surface area contributed by atoms with Gasteiger partial charge in [0.05, 0.1) is 51.0 Å². The van der Waals surface area contributed by atoms with Crippen LogP contribution >= 0.6 is 0 Å². The van der Waals surface area contributed by atoms with Crippen LogP contribution in [-0.2, 0) is 20.8 Å². The third-order valence-electron chi connectivity index (χ3n) is 5.56. The molecule has 10 heteroatoms. The number of nitrogens with zero attached hydrogens (tertiary/aromatic N) is 4. The Kier molecular flexibility index (Phi) is 7.35. The first-order valence-corrected chi connectivity index (χ1v) is 10.8. The summed E-state index contributed by atoms with van der Waals surface area (Å²) in [5.74, 6) is -0.371. The molecule has 2 saturated heterocycles. The van der Waals surface area contributed by atoms with Gasteiger partial charge in [-0.2, -0.15) is 5.10 Å². The number of anilines is 3. The minimum Gasteiger partial charge on any atom is -0.383 e. The third kappa shape index (κ3) is 5.26. The van der Waals surface area contributed by atoms with E-state index in [1.54, 1.807) is 7.11 Å². The first kappa shape index (κ1) is 22.3. The van der Waals surface area contributed by atoms with Crippen molar-refractivity contribution >= 4 is 23.0 Å². The highest BCUT2D eigenvalue weighted by Gasteiger charge is 2.20. The molecule has 2 aliphatic rings. The number of nitrogens with one attached hydrogen (secondary N) is 1. The normalized spacial score (nSPS) is 16.8. The lowest BCUT2D eigenvalue weighted by atomic mass is 10.1. The monoisotopic (exact) mass is 443 g/mol. The number of carbonyl (C=O) groups excluding carboxylic acids is 1. The van der Waals surface area contributed by atoms with Gasteiger partial charge >= 0.3 is 0 Å². The fourth-order valence-electron chi connectivity index (χ4n) is 3.80. The van der Waals surface area contributed by atoms with Crippen molar-refractivity contribution in [2.45, 2.75) is 6.54 Å². The molecule has 1 aromatic carbocycles. The molecule has 0 radical (unpaired) electrons. The van der Waals surface area contributed by atoms with Crippen LogP contribution < -0.4 is 20.7 Å². The largest absolute Gasteiger partial charge is 0.383 e. The smallest absolute Gasteiger partial charge is 0.276 e. The van der Waals surface area contributed by atoms with Crippen molar-refractivity contribution < 1.29 is 19.0 Å². The quantitative estimate of drug-likeness (QED) is 0.672. The first-order valence-electron chi connectivity index (χ1n) is 10.8. The maximum Gasteiger partial charge on any atom is 0.276 e. The van der Waals surface area contributed by atoms with Gasteiger partial charge in [0.1, 0.15) is 5.69 Å². The van der Waals surface area contributed by atoms with Crippen molar-refractivity contribution in [1.29, 1.82) is 0 Å². The summed E-state index contributed by atoms with van der Waals surface area (Å²) in [4.78, 5) is 29.5. The van der Waals surface area contributed by atoms with E-state index in [2.05, 4.69) is 26.3 Å². The van der Waals surface area contributed by atoms with Gasteiger partial charge in [0.15, 0.2) is 0 Å². The van der Waals surface area contributed by atoms with Gasteiger partial charge in [-0.1, -0.05) is 0 Å². The van der Waals surface area contributed by atoms with E-state index in [9.17, 15) is 9.59 Å². The van der Waals surface area contributed by atoms with Gasteiger partial charge in [-0.3, -0.25) is 9.59 Å². The molecular weight excluding hydrogens is 414 g/mol. The van der Waals surface area contributed by atoms with E-state index < -0.39 is 0 Å². The topological polar surface area (TPSA) is 98.2 Å². The zero-order valence-corrected chi connectivity index (χ0v) is 18.3. The zero-order chi connectivity index (χ0) is 22.3. The molecule has 0 bridgehead atoms. The minimum atomic E-state index is -0.371. The predicted octanol–water partition coefficient (Wildman–Crippen LogP) is 0.815. The second-order valence-corrected chi connectivity index (χ2v) is 7.63. The van der Waals surface area contributed by atoms with E-state index >= 15 is 0 Å². The Labute approximate surface area is 186 Å². The highest BCUT2D eigenvalue weighted by molar-refractivity contribution is 6.04. The molecule has 4 rings (SSSR count). The van der Waals surface area contributed by atoms with E-state index in [4.69, 9.17) is 14.2 Å². The van der Waals surface area contributed by atoms with E-state index in [0.29, 0.717) is 38.7 Å². The second-order valence-electron chi connectivity index (χ2n) is 7.63. The van der Waals surface area contributed by atoms with Crippen molar-refractivity contribution in [2.75, 3.05) is 81.4 Å². The number of aromatic nitrogens is 2. The van der Waals surface area contributed by atoms with Crippen molar-refractivity contribution in [1.82, 2.24) is 9.78 Å². The fraction of sp³-hybridized carbons (Fsp3) is 0.500. The molecule has 3 heterocycles. The molecule has 172 valence electrons. The van der Waals surface area contributed by atoms with Crippen LogP contribution in [0.25, 0.3) is 0 Å². The lowest BCUT2D eigenvalue weighted by molar-refractivity contribution is 0.101. The number of carbonyl (C=O) groups is 1. The van der Waals surface area contributed by atoms with E-state index in [1.165, 1.54) is 16.8 Å². The van der Waals surface area contributed by atoms with Crippen LogP contribution in [0.5, 0.6) is 0 Å². The summed E-state index contributed by atoms with van der Waals surface area (Å²) in [7, 11) is 1.55. The van der Waals surface area contributed by atoms with Crippen molar-refractivity contribution in [3.8, 4) is 0 Å². The molecular formula is C22H29N5O5. The summed E-state index contributed by atoms with van der Waals surface area (Å²) < 4.78 is 17.2. The van der Waals surface area contributed by atoms with Crippen LogP contribution in [0.15, 0.2) is 35.1 Å². The Bertz CT molecular complexity index is 983. The van der Waals surface area contributed by atoms with Crippen LogP contribution in [0.3, 0.4) is 0 Å². The molecule has 1 N–H and O–H groups in total. The maximum atomic E-state index is 13.0. The van der Waals surface area contributed by atoms with Gasteiger partial charge in [0.2, 0.25) is 0 Å². The van der Waals surface area contributed by atoms with Gasteiger partial charge in [-0.05, 0) is 24.3 Å². The average molecular weight is 444 g/mol. The van der Waals surface area contributed by atoms with Gasteiger partial charge < -0.3 is 29.3 Å². The molecule has 2 fully saturated rings. The standard InChI is InChI=1S/C22H29N5O5/c1-30-11-10-27-21(28)5-4-19(24-27)22(29)23-18-3-2-17(25-6-12-31-13-7-25)16-20(18)26-8-14-32-15-9-26/h2-5,16H,6-15H2,1H3,(H,23,29). The lowest BCUT2D eigenvalue weighted by Crippen LogP contribution is -2.38. The van der Waals surface area contributed by atoms with E-state index in [1.807, 2.05) is 12.1 Å².